The number of carboxylic acids is 1. The van der Waals surface area contributed by atoms with Gasteiger partial charge in [0.25, 0.3) is 5.91 Å². The maximum absolute atomic E-state index is 12.4. The fourth-order valence-corrected chi connectivity index (χ4v) is 2.65. The van der Waals surface area contributed by atoms with E-state index in [9.17, 15) is 14.7 Å². The van der Waals surface area contributed by atoms with E-state index in [-0.39, 0.29) is 13.0 Å². The number of hydrogen-bond acceptors (Lipinski definition) is 5. The van der Waals surface area contributed by atoms with E-state index in [1.807, 2.05) is 0 Å². The minimum atomic E-state index is -1.11. The Kier molecular flexibility index (Phi) is 6.65. The molecule has 7 heteroatoms. The average Bonchev–Trinajstić information content (AvgIpc) is 2.66. The second kappa shape index (κ2) is 8.93. The molecule has 0 radical (unpaired) electrons. The molecular formula is C20H23NO6. The summed E-state index contributed by atoms with van der Waals surface area (Å²) in [4.78, 5) is 23.7. The van der Waals surface area contributed by atoms with Gasteiger partial charge in [0, 0.05) is 0 Å². The molecule has 0 aliphatic rings. The molecule has 0 fully saturated rings. The molecule has 0 aliphatic carbocycles. The number of methoxy groups -OCH3 is 2. The number of nitrogens with one attached hydrogen (secondary N) is 1. The predicted molar refractivity (Wildman–Crippen MR) is 99.2 cm³/mol. The van der Waals surface area contributed by atoms with Gasteiger partial charge in [-0.2, -0.15) is 0 Å². The van der Waals surface area contributed by atoms with Gasteiger partial charge in [-0.25, -0.2) is 0 Å². The van der Waals surface area contributed by atoms with E-state index in [2.05, 4.69) is 5.32 Å². The third kappa shape index (κ3) is 5.64. The molecule has 144 valence electrons. The average molecular weight is 373 g/mol. The summed E-state index contributed by atoms with van der Waals surface area (Å²) in [6, 6.07) is 13.8. The van der Waals surface area contributed by atoms with Gasteiger partial charge in [-0.1, -0.05) is 12.1 Å². The van der Waals surface area contributed by atoms with Crippen LogP contribution in [0.4, 0.5) is 0 Å². The molecule has 0 saturated heterocycles. The van der Waals surface area contributed by atoms with Crippen LogP contribution in [0, 0.1) is 0 Å². The summed E-state index contributed by atoms with van der Waals surface area (Å²) in [7, 11) is 3.08. The predicted octanol–water partition coefficient (Wildman–Crippen LogP) is 2.59. The van der Waals surface area contributed by atoms with Gasteiger partial charge >= 0.3 is 5.97 Å². The highest BCUT2D eigenvalue weighted by molar-refractivity contribution is 5.80. The first-order valence-corrected chi connectivity index (χ1v) is 8.30. The highest BCUT2D eigenvalue weighted by Gasteiger charge is 2.32. The summed E-state index contributed by atoms with van der Waals surface area (Å²) in [5.41, 5.74) is -0.483. The number of carboxylic acid groups (broad SMARTS) is 1. The lowest BCUT2D eigenvalue weighted by Crippen LogP contribution is -2.46. The van der Waals surface area contributed by atoms with Crippen LogP contribution in [-0.4, -0.2) is 37.8 Å². The van der Waals surface area contributed by atoms with E-state index in [4.69, 9.17) is 14.2 Å². The van der Waals surface area contributed by atoms with Crippen LogP contribution in [0.5, 0.6) is 17.2 Å². The van der Waals surface area contributed by atoms with Crippen molar-refractivity contribution in [3.8, 4) is 17.2 Å². The van der Waals surface area contributed by atoms with Gasteiger partial charge in [0.1, 0.15) is 17.2 Å². The Morgan fingerprint density at radius 1 is 1.00 bits per heavy atom. The summed E-state index contributed by atoms with van der Waals surface area (Å²) < 4.78 is 15.7. The molecule has 1 amide bonds. The van der Waals surface area contributed by atoms with Crippen LogP contribution in [0.1, 0.15) is 18.9 Å². The normalized spacial score (nSPS) is 12.6. The number of aliphatic carboxylic acids is 1. The summed E-state index contributed by atoms with van der Waals surface area (Å²) in [5, 5.41) is 12.0. The molecule has 2 aromatic carbocycles. The van der Waals surface area contributed by atoms with Crippen molar-refractivity contribution in [1.29, 1.82) is 0 Å². The van der Waals surface area contributed by atoms with Crippen molar-refractivity contribution in [2.45, 2.75) is 18.9 Å². The molecule has 2 N–H and O–H groups in total. The number of rotatable bonds is 9. The second-order valence-electron chi connectivity index (χ2n) is 6.15. The smallest absolute Gasteiger partial charge is 0.306 e. The van der Waals surface area contributed by atoms with Crippen molar-refractivity contribution in [3.63, 3.8) is 0 Å². The Balaban J connectivity index is 2.09. The molecule has 2 aromatic rings. The zero-order valence-electron chi connectivity index (χ0n) is 15.5. The van der Waals surface area contributed by atoms with Crippen molar-refractivity contribution >= 4 is 11.9 Å². The van der Waals surface area contributed by atoms with Gasteiger partial charge in [-0.3, -0.25) is 9.59 Å². The van der Waals surface area contributed by atoms with Gasteiger partial charge in [0.05, 0.1) is 26.2 Å². The van der Waals surface area contributed by atoms with Crippen LogP contribution in [-0.2, 0) is 15.1 Å². The van der Waals surface area contributed by atoms with Crippen molar-refractivity contribution in [1.82, 2.24) is 5.32 Å². The molecule has 1 atom stereocenters. The molecule has 1 unspecified atom stereocenters. The summed E-state index contributed by atoms with van der Waals surface area (Å²) >= 11 is 0. The van der Waals surface area contributed by atoms with E-state index in [1.165, 1.54) is 7.11 Å². The number of ether oxygens (including phenoxy) is 3. The minimum absolute atomic E-state index is 0.245. The molecule has 7 nitrogen and oxygen atoms in total. The highest BCUT2D eigenvalue weighted by Crippen LogP contribution is 2.28. The Morgan fingerprint density at radius 3 is 2.22 bits per heavy atom. The fourth-order valence-electron chi connectivity index (χ4n) is 2.65. The zero-order chi connectivity index (χ0) is 19.9. The lowest BCUT2D eigenvalue weighted by atomic mass is 9.88. The first kappa shape index (κ1) is 20.1. The molecule has 0 saturated carbocycles. The topological polar surface area (TPSA) is 94.1 Å². The van der Waals surface area contributed by atoms with Crippen LogP contribution in [0.15, 0.2) is 48.5 Å². The molecular weight excluding hydrogens is 350 g/mol. The first-order valence-electron chi connectivity index (χ1n) is 8.30. The number of hydrogen-bond donors (Lipinski definition) is 2. The molecule has 0 heterocycles. The standard InChI is InChI=1S/C20H23NO6/c1-20(12-19(23)24,14-5-4-6-17(11-14)26-3)21-18(22)13-27-16-9-7-15(25-2)8-10-16/h4-11H,12-13H2,1-3H3,(H,21,22)(H,23,24). The zero-order valence-corrected chi connectivity index (χ0v) is 15.5. The Labute approximate surface area is 157 Å². The summed E-state index contributed by atoms with van der Waals surface area (Å²) in [6.45, 7) is 1.41. The lowest BCUT2D eigenvalue weighted by molar-refractivity contribution is -0.139. The Morgan fingerprint density at radius 2 is 1.63 bits per heavy atom. The van der Waals surface area contributed by atoms with Crippen LogP contribution < -0.4 is 19.5 Å². The van der Waals surface area contributed by atoms with Gasteiger partial charge in [-0.15, -0.1) is 0 Å². The maximum Gasteiger partial charge on any atom is 0.306 e. The second-order valence-corrected chi connectivity index (χ2v) is 6.15. The number of carbonyl (C=O) groups excluding carboxylic acids is 1. The molecule has 27 heavy (non-hydrogen) atoms. The van der Waals surface area contributed by atoms with E-state index < -0.39 is 17.4 Å². The largest absolute Gasteiger partial charge is 0.497 e. The SMILES string of the molecule is COc1ccc(OCC(=O)NC(C)(CC(=O)O)c2cccc(OC)c2)cc1. The number of benzene rings is 2. The Hall–Kier alpha value is -3.22. The number of carbonyl (C=O) groups is 2. The number of amides is 1. The monoisotopic (exact) mass is 373 g/mol. The lowest BCUT2D eigenvalue weighted by Gasteiger charge is -2.30. The van der Waals surface area contributed by atoms with Crippen LogP contribution in [0.25, 0.3) is 0 Å². The van der Waals surface area contributed by atoms with E-state index in [0.29, 0.717) is 22.8 Å². The van der Waals surface area contributed by atoms with Gasteiger partial charge in [0.15, 0.2) is 6.61 Å². The van der Waals surface area contributed by atoms with E-state index in [1.54, 1.807) is 62.6 Å². The van der Waals surface area contributed by atoms with Crippen molar-refractivity contribution in [3.05, 3.63) is 54.1 Å². The molecule has 0 aromatic heterocycles. The van der Waals surface area contributed by atoms with Gasteiger partial charge < -0.3 is 24.6 Å². The van der Waals surface area contributed by atoms with Crippen molar-refractivity contribution in [2.75, 3.05) is 20.8 Å². The minimum Gasteiger partial charge on any atom is -0.497 e. The molecule has 2 rings (SSSR count). The van der Waals surface area contributed by atoms with Crippen LogP contribution in [0.2, 0.25) is 0 Å². The molecule has 0 spiro atoms. The summed E-state index contributed by atoms with van der Waals surface area (Å²) in [5.74, 6) is 0.299. The maximum atomic E-state index is 12.4. The van der Waals surface area contributed by atoms with Crippen LogP contribution in [0.3, 0.4) is 0 Å². The third-order valence-electron chi connectivity index (χ3n) is 4.06. The van der Waals surface area contributed by atoms with Gasteiger partial charge in [0.2, 0.25) is 0 Å². The van der Waals surface area contributed by atoms with Crippen molar-refractivity contribution in [2.24, 2.45) is 0 Å². The van der Waals surface area contributed by atoms with E-state index in [0.717, 1.165) is 0 Å². The Bertz CT molecular complexity index is 789. The van der Waals surface area contributed by atoms with Crippen LogP contribution >= 0.6 is 0 Å². The molecule has 0 aliphatic heterocycles. The quantitative estimate of drug-likeness (QED) is 0.702. The first-order chi connectivity index (χ1) is 12.9. The third-order valence-corrected chi connectivity index (χ3v) is 4.06. The highest BCUT2D eigenvalue weighted by atomic mass is 16.5. The van der Waals surface area contributed by atoms with Crippen molar-refractivity contribution < 1.29 is 28.9 Å². The summed E-state index contributed by atoms with van der Waals surface area (Å²) in [6.07, 6.45) is -0.283. The fraction of sp³-hybridized carbons (Fsp3) is 0.300. The van der Waals surface area contributed by atoms with E-state index >= 15 is 0 Å². The van der Waals surface area contributed by atoms with Gasteiger partial charge in [-0.05, 0) is 48.9 Å². The molecule has 0 bridgehead atoms.